The number of hydrogen-bond donors (Lipinski definition) is 1. The third kappa shape index (κ3) is 3.41. The fourth-order valence-electron chi connectivity index (χ4n) is 8.48. The van der Waals surface area contributed by atoms with Gasteiger partial charge in [-0.1, -0.05) is 43.9 Å². The van der Waals surface area contributed by atoms with Gasteiger partial charge in [-0.25, -0.2) is 0 Å². The summed E-state index contributed by atoms with van der Waals surface area (Å²) in [7, 11) is 0. The van der Waals surface area contributed by atoms with Crippen molar-refractivity contribution in [3.63, 3.8) is 0 Å². The monoisotopic (exact) mass is 434 g/mol. The van der Waals surface area contributed by atoms with Crippen molar-refractivity contribution in [2.75, 3.05) is 0 Å². The van der Waals surface area contributed by atoms with E-state index in [4.69, 9.17) is 4.74 Å². The van der Waals surface area contributed by atoms with Crippen LogP contribution >= 0.6 is 0 Å². The number of ether oxygens (including phenoxy) is 1. The van der Waals surface area contributed by atoms with Gasteiger partial charge < -0.3 is 9.84 Å². The number of esters is 1. The summed E-state index contributed by atoms with van der Waals surface area (Å²) in [5.74, 6) is 9.13. The van der Waals surface area contributed by atoms with E-state index in [1.54, 1.807) is 0 Å². The third-order valence-corrected chi connectivity index (χ3v) is 10.3. The molecule has 172 valence electrons. The number of rotatable bonds is 1. The Morgan fingerprint density at radius 1 is 1.00 bits per heavy atom. The van der Waals surface area contributed by atoms with E-state index in [0.717, 1.165) is 50.0 Å². The van der Waals surface area contributed by atoms with Crippen molar-refractivity contribution in [3.05, 3.63) is 35.9 Å². The summed E-state index contributed by atoms with van der Waals surface area (Å²) < 4.78 is 5.61. The minimum Gasteiger partial charge on any atom is -0.463 e. The lowest BCUT2D eigenvalue weighted by Crippen LogP contribution is -2.56. The second kappa shape index (κ2) is 7.91. The molecule has 1 N–H and O–H groups in total. The first-order valence-corrected chi connectivity index (χ1v) is 12.7. The molecule has 1 aromatic carbocycles. The van der Waals surface area contributed by atoms with Crippen LogP contribution in [0.25, 0.3) is 0 Å². The first kappa shape index (κ1) is 22.0. The van der Waals surface area contributed by atoms with Gasteiger partial charge in [-0.15, -0.1) is 0 Å². The van der Waals surface area contributed by atoms with E-state index >= 15 is 0 Å². The van der Waals surface area contributed by atoms with Crippen LogP contribution in [0.15, 0.2) is 30.3 Å². The maximum Gasteiger partial charge on any atom is 0.302 e. The van der Waals surface area contributed by atoms with Crippen molar-refractivity contribution in [2.45, 2.75) is 90.3 Å². The molecular formula is C29H38O3. The van der Waals surface area contributed by atoms with Gasteiger partial charge in [0, 0.05) is 17.9 Å². The van der Waals surface area contributed by atoms with Crippen LogP contribution in [0.4, 0.5) is 0 Å². The molecular weight excluding hydrogens is 396 g/mol. The van der Waals surface area contributed by atoms with E-state index in [1.807, 2.05) is 30.3 Å². The molecule has 0 aliphatic heterocycles. The summed E-state index contributed by atoms with van der Waals surface area (Å²) >= 11 is 0. The Bertz CT molecular complexity index is 929. The average molecular weight is 435 g/mol. The predicted molar refractivity (Wildman–Crippen MR) is 126 cm³/mol. The van der Waals surface area contributed by atoms with Gasteiger partial charge >= 0.3 is 5.97 Å². The van der Waals surface area contributed by atoms with Crippen molar-refractivity contribution in [3.8, 4) is 11.8 Å². The molecule has 0 radical (unpaired) electrons. The number of carbonyl (C=O) groups is 1. The van der Waals surface area contributed by atoms with Crippen LogP contribution in [0.1, 0.15) is 84.1 Å². The van der Waals surface area contributed by atoms with Crippen LogP contribution in [-0.2, 0) is 9.53 Å². The number of aliphatic hydroxyl groups is 1. The molecule has 0 heterocycles. The normalized spacial score (nSPS) is 44.9. The minimum absolute atomic E-state index is 0.112. The smallest absolute Gasteiger partial charge is 0.302 e. The van der Waals surface area contributed by atoms with Crippen LogP contribution in [0.3, 0.4) is 0 Å². The molecule has 0 amide bonds. The molecule has 32 heavy (non-hydrogen) atoms. The van der Waals surface area contributed by atoms with E-state index in [0.29, 0.717) is 23.2 Å². The fourth-order valence-corrected chi connectivity index (χ4v) is 8.48. The largest absolute Gasteiger partial charge is 0.463 e. The van der Waals surface area contributed by atoms with Crippen molar-refractivity contribution in [1.82, 2.24) is 0 Å². The lowest BCUT2D eigenvalue weighted by molar-refractivity contribution is -0.163. The molecule has 5 rings (SSSR count). The molecule has 8 atom stereocenters. The maximum atomic E-state index is 11.8. The molecule has 3 nitrogen and oxygen atoms in total. The second-order valence-electron chi connectivity index (χ2n) is 11.6. The van der Waals surface area contributed by atoms with Gasteiger partial charge in [0.15, 0.2) is 0 Å². The van der Waals surface area contributed by atoms with Gasteiger partial charge in [0.05, 0.1) is 0 Å². The Morgan fingerprint density at radius 2 is 1.75 bits per heavy atom. The summed E-state index contributed by atoms with van der Waals surface area (Å²) in [6, 6.07) is 10.1. The number of benzene rings is 1. The quantitative estimate of drug-likeness (QED) is 0.453. The highest BCUT2D eigenvalue weighted by Crippen LogP contribution is 2.68. The van der Waals surface area contributed by atoms with E-state index in [2.05, 4.69) is 25.7 Å². The summed E-state index contributed by atoms with van der Waals surface area (Å²) in [6.45, 7) is 6.39. The maximum absolute atomic E-state index is 11.8. The third-order valence-electron chi connectivity index (χ3n) is 10.3. The van der Waals surface area contributed by atoms with Gasteiger partial charge in [-0.05, 0) is 99.0 Å². The highest BCUT2D eigenvalue weighted by Gasteiger charge is 2.64. The average Bonchev–Trinajstić information content (AvgIpc) is 3.04. The van der Waals surface area contributed by atoms with E-state index in [1.165, 1.54) is 26.2 Å². The molecule has 4 aliphatic rings. The molecule has 4 fully saturated rings. The summed E-state index contributed by atoms with van der Waals surface area (Å²) in [6.07, 6.45) is 9.94. The van der Waals surface area contributed by atoms with Gasteiger partial charge in [0.1, 0.15) is 11.7 Å². The predicted octanol–water partition coefficient (Wildman–Crippen LogP) is 5.74. The Balaban J connectivity index is 1.36. The Morgan fingerprint density at radius 3 is 2.50 bits per heavy atom. The van der Waals surface area contributed by atoms with Gasteiger partial charge in [-0.2, -0.15) is 0 Å². The number of hydrogen-bond acceptors (Lipinski definition) is 3. The van der Waals surface area contributed by atoms with Gasteiger partial charge in [0.2, 0.25) is 0 Å². The molecule has 0 bridgehead atoms. The Hall–Kier alpha value is -1.79. The minimum atomic E-state index is -0.886. The molecule has 1 aromatic rings. The van der Waals surface area contributed by atoms with Gasteiger partial charge in [-0.3, -0.25) is 4.79 Å². The molecule has 0 spiro atoms. The zero-order chi connectivity index (χ0) is 22.6. The van der Waals surface area contributed by atoms with Crippen LogP contribution in [0, 0.1) is 46.3 Å². The molecule has 3 heteroatoms. The second-order valence-corrected chi connectivity index (χ2v) is 11.6. The van der Waals surface area contributed by atoms with Crippen LogP contribution in [0.2, 0.25) is 0 Å². The number of carbonyl (C=O) groups excluding carboxylic acids is 1. The van der Waals surface area contributed by atoms with Crippen LogP contribution in [0.5, 0.6) is 0 Å². The molecule has 4 saturated carbocycles. The summed E-state index contributed by atoms with van der Waals surface area (Å²) in [5.41, 5.74) is 0.327. The molecule has 0 saturated heterocycles. The zero-order valence-corrected chi connectivity index (χ0v) is 19.9. The van der Waals surface area contributed by atoms with Crippen LogP contribution < -0.4 is 0 Å². The van der Waals surface area contributed by atoms with Crippen molar-refractivity contribution >= 4 is 5.97 Å². The molecule has 0 aromatic heterocycles. The van der Waals surface area contributed by atoms with Crippen LogP contribution in [-0.4, -0.2) is 22.8 Å². The zero-order valence-electron chi connectivity index (χ0n) is 19.9. The van der Waals surface area contributed by atoms with Crippen molar-refractivity contribution in [2.24, 2.45) is 34.5 Å². The highest BCUT2D eigenvalue weighted by atomic mass is 16.5. The summed E-state index contributed by atoms with van der Waals surface area (Å²) in [4.78, 5) is 11.5. The summed E-state index contributed by atoms with van der Waals surface area (Å²) in [5, 5.41) is 11.8. The van der Waals surface area contributed by atoms with E-state index in [-0.39, 0.29) is 17.5 Å². The lowest BCUT2D eigenvalue weighted by atomic mass is 9.44. The SMILES string of the molecule is CC(=O)O[C@H]1CC[C@@]2(C)[C@H](CC[C@@H]3[C@H]4CC[C@](O)(C#Cc5ccccc5)[C@@]4(C)CC[C@@H]32)C1. The number of fused-ring (bicyclic) bond motifs is 5. The lowest BCUT2D eigenvalue weighted by Gasteiger charge is -2.61. The van der Waals surface area contributed by atoms with E-state index < -0.39 is 5.60 Å². The first-order valence-electron chi connectivity index (χ1n) is 12.7. The standard InChI is InChI=1S/C29H38O3/c1-20(30)32-23-12-15-27(2)22(19-23)9-10-24-25(27)13-16-28(3)26(24)14-18-29(28,31)17-11-21-7-5-4-6-8-21/h4-8,22-26,31H,9-10,12-16,18-19H2,1-3H3/t22-,23+,24+,25+,26-,27+,28+,29-/m1/s1. The topological polar surface area (TPSA) is 46.5 Å². The van der Waals surface area contributed by atoms with E-state index in [9.17, 15) is 9.90 Å². The Labute approximate surface area is 193 Å². The Kier molecular flexibility index (Phi) is 5.44. The van der Waals surface area contributed by atoms with Crippen molar-refractivity contribution < 1.29 is 14.6 Å². The van der Waals surface area contributed by atoms with Gasteiger partial charge in [0.25, 0.3) is 0 Å². The molecule has 4 aliphatic carbocycles. The fraction of sp³-hybridized carbons (Fsp3) is 0.690. The van der Waals surface area contributed by atoms with Crippen molar-refractivity contribution in [1.29, 1.82) is 0 Å². The molecule has 0 unspecified atom stereocenters. The highest BCUT2D eigenvalue weighted by molar-refractivity contribution is 5.66. The first-order chi connectivity index (χ1) is 15.3.